The number of hydrogen-bond donors (Lipinski definition) is 0. The van der Waals surface area contributed by atoms with Crippen LogP contribution in [0.4, 0.5) is 0 Å². The number of likely N-dealkylation sites (tertiary alicyclic amines) is 1. The van der Waals surface area contributed by atoms with Crippen LogP contribution in [0.5, 0.6) is 0 Å². The van der Waals surface area contributed by atoms with E-state index in [9.17, 15) is 9.59 Å². The third-order valence-corrected chi connectivity index (χ3v) is 4.68. The Balaban J connectivity index is 1.39. The van der Waals surface area contributed by atoms with Crippen LogP contribution in [0.25, 0.3) is 0 Å². The highest BCUT2D eigenvalue weighted by Crippen LogP contribution is 2.20. The van der Waals surface area contributed by atoms with E-state index in [4.69, 9.17) is 23.7 Å². The normalized spacial score (nSPS) is 16.4. The Morgan fingerprint density at radius 3 is 1.91 bits per heavy atom. The Kier molecular flexibility index (Phi) is 13.0. The summed E-state index contributed by atoms with van der Waals surface area (Å²) in [6, 6.07) is 0. The number of imide groups is 1. The number of carbonyl (C=O) groups excluding carboxylic acids is 2. The summed E-state index contributed by atoms with van der Waals surface area (Å²) >= 11 is 0. The summed E-state index contributed by atoms with van der Waals surface area (Å²) < 4.78 is 28.7. The van der Waals surface area contributed by atoms with E-state index < -0.39 is 0 Å². The van der Waals surface area contributed by atoms with Gasteiger partial charge in [0, 0.05) is 18.9 Å². The minimum atomic E-state index is -0.255. The zero-order valence-electron chi connectivity index (χ0n) is 19.2. The number of aromatic nitrogens is 3. The minimum Gasteiger partial charge on any atom is -0.379 e. The molecule has 1 atom stereocenters. The number of rotatable bonds is 19. The summed E-state index contributed by atoms with van der Waals surface area (Å²) in [5.41, 5.74) is 0.583. The van der Waals surface area contributed by atoms with Crippen molar-refractivity contribution in [3.63, 3.8) is 0 Å². The first-order valence-electron chi connectivity index (χ1n) is 11.2. The largest absolute Gasteiger partial charge is 0.379 e. The minimum absolute atomic E-state index is 0.153. The van der Waals surface area contributed by atoms with Crippen LogP contribution in [-0.2, 0) is 46.4 Å². The number of nitrogens with zero attached hydrogens (tertiary/aromatic N) is 4. The topological polar surface area (TPSA) is 114 Å². The second-order valence-electron chi connectivity index (χ2n) is 7.46. The van der Waals surface area contributed by atoms with Gasteiger partial charge in [-0.05, 0) is 6.42 Å². The van der Waals surface area contributed by atoms with E-state index in [1.165, 1.54) is 4.90 Å². The molecule has 1 saturated heterocycles. The van der Waals surface area contributed by atoms with Gasteiger partial charge in [0.15, 0.2) is 0 Å². The van der Waals surface area contributed by atoms with Crippen molar-refractivity contribution in [1.29, 1.82) is 0 Å². The maximum atomic E-state index is 12.0. The molecule has 1 aromatic heterocycles. The van der Waals surface area contributed by atoms with Gasteiger partial charge in [-0.15, -0.1) is 5.10 Å². The fraction of sp³-hybridized carbons (Fsp3) is 0.810. The van der Waals surface area contributed by atoms with Gasteiger partial charge in [0.1, 0.15) is 5.69 Å². The molecule has 0 bridgehead atoms. The van der Waals surface area contributed by atoms with Gasteiger partial charge >= 0.3 is 0 Å². The first-order valence-corrected chi connectivity index (χ1v) is 11.2. The highest BCUT2D eigenvalue weighted by molar-refractivity contribution is 6.03. The van der Waals surface area contributed by atoms with Gasteiger partial charge in [0.25, 0.3) is 0 Å². The van der Waals surface area contributed by atoms with Crippen molar-refractivity contribution in [3.05, 3.63) is 11.9 Å². The summed E-state index contributed by atoms with van der Waals surface area (Å²) in [6.45, 7) is 10.0. The van der Waals surface area contributed by atoms with Crippen LogP contribution in [0, 0.1) is 5.92 Å². The summed E-state index contributed by atoms with van der Waals surface area (Å²) in [5.74, 6) is -0.569. The Hall–Kier alpha value is -1.92. The predicted molar refractivity (Wildman–Crippen MR) is 114 cm³/mol. The van der Waals surface area contributed by atoms with Crippen LogP contribution < -0.4 is 0 Å². The second-order valence-corrected chi connectivity index (χ2v) is 7.46. The molecular weight excluding hydrogens is 420 g/mol. The lowest BCUT2D eigenvalue weighted by atomic mass is 10.1. The van der Waals surface area contributed by atoms with Crippen molar-refractivity contribution in [2.75, 3.05) is 66.1 Å². The quantitative estimate of drug-likeness (QED) is 0.219. The molecule has 1 unspecified atom stereocenters. The summed E-state index contributed by atoms with van der Waals surface area (Å²) in [5, 5.41) is 8.03. The lowest BCUT2D eigenvalue weighted by Crippen LogP contribution is -2.29. The van der Waals surface area contributed by atoms with Crippen molar-refractivity contribution < 1.29 is 33.3 Å². The molecule has 2 amide bonds. The molecule has 0 aromatic carbocycles. The van der Waals surface area contributed by atoms with Crippen LogP contribution in [0.1, 0.15) is 32.4 Å². The van der Waals surface area contributed by atoms with Crippen LogP contribution in [0.3, 0.4) is 0 Å². The standard InChI is InChI=1S/C21H36N4O7/c1-3-5-28-7-9-30-11-13-32-14-12-31-10-8-29-6-4-24-16-19(22-23-24)17-25-20(26)15-18(2)21(25)27/h16,18H,3-15,17H2,1-2H3. The number of carbonyl (C=O) groups is 2. The lowest BCUT2D eigenvalue weighted by molar-refractivity contribution is -0.140. The number of hydrogen-bond acceptors (Lipinski definition) is 9. The molecule has 0 saturated carbocycles. The van der Waals surface area contributed by atoms with Gasteiger partial charge in [-0.3, -0.25) is 14.5 Å². The summed E-state index contributed by atoms with van der Waals surface area (Å²) in [7, 11) is 0. The molecule has 11 nitrogen and oxygen atoms in total. The van der Waals surface area contributed by atoms with Crippen molar-refractivity contribution in [2.45, 2.75) is 39.8 Å². The number of amides is 2. The van der Waals surface area contributed by atoms with E-state index in [1.807, 2.05) is 0 Å². The van der Waals surface area contributed by atoms with Crippen molar-refractivity contribution in [2.24, 2.45) is 5.92 Å². The molecule has 1 aromatic rings. The Morgan fingerprint density at radius 1 is 0.875 bits per heavy atom. The Labute approximate surface area is 189 Å². The first kappa shape index (κ1) is 26.3. The van der Waals surface area contributed by atoms with E-state index in [-0.39, 0.29) is 30.7 Å². The van der Waals surface area contributed by atoms with Crippen LogP contribution in [-0.4, -0.2) is 97.8 Å². The van der Waals surface area contributed by atoms with Crippen molar-refractivity contribution in [3.8, 4) is 0 Å². The third kappa shape index (κ3) is 10.1. The average molecular weight is 457 g/mol. The van der Waals surface area contributed by atoms with Gasteiger partial charge in [-0.2, -0.15) is 0 Å². The maximum absolute atomic E-state index is 12.0. The van der Waals surface area contributed by atoms with E-state index in [2.05, 4.69) is 17.2 Å². The van der Waals surface area contributed by atoms with E-state index in [0.717, 1.165) is 13.0 Å². The summed E-state index contributed by atoms with van der Waals surface area (Å²) in [4.78, 5) is 25.1. The molecule has 1 fully saturated rings. The smallest absolute Gasteiger partial charge is 0.232 e. The van der Waals surface area contributed by atoms with Gasteiger partial charge in [-0.25, -0.2) is 4.68 Å². The van der Waals surface area contributed by atoms with Crippen molar-refractivity contribution >= 4 is 11.8 Å². The van der Waals surface area contributed by atoms with E-state index >= 15 is 0 Å². The first-order chi connectivity index (χ1) is 15.6. The highest BCUT2D eigenvalue weighted by atomic mass is 16.6. The number of ether oxygens (including phenoxy) is 5. The van der Waals surface area contributed by atoms with E-state index in [1.54, 1.807) is 17.8 Å². The molecule has 1 aliphatic rings. The fourth-order valence-electron chi connectivity index (χ4n) is 2.98. The zero-order valence-corrected chi connectivity index (χ0v) is 19.2. The van der Waals surface area contributed by atoms with Crippen LogP contribution in [0.2, 0.25) is 0 Å². The average Bonchev–Trinajstić information content (AvgIpc) is 3.32. The van der Waals surface area contributed by atoms with Gasteiger partial charge < -0.3 is 23.7 Å². The molecule has 0 radical (unpaired) electrons. The molecule has 2 rings (SSSR count). The van der Waals surface area contributed by atoms with E-state index in [0.29, 0.717) is 71.7 Å². The monoisotopic (exact) mass is 456 g/mol. The molecule has 2 heterocycles. The molecule has 0 N–H and O–H groups in total. The third-order valence-electron chi connectivity index (χ3n) is 4.68. The van der Waals surface area contributed by atoms with Gasteiger partial charge in [0.05, 0.1) is 78.7 Å². The van der Waals surface area contributed by atoms with Gasteiger partial charge in [0.2, 0.25) is 11.8 Å². The molecular formula is C21H36N4O7. The molecule has 0 spiro atoms. The maximum Gasteiger partial charge on any atom is 0.232 e. The highest BCUT2D eigenvalue weighted by Gasteiger charge is 2.35. The molecule has 32 heavy (non-hydrogen) atoms. The molecule has 0 aliphatic carbocycles. The zero-order chi connectivity index (χ0) is 23.0. The van der Waals surface area contributed by atoms with Gasteiger partial charge in [-0.1, -0.05) is 19.1 Å². The fourth-order valence-corrected chi connectivity index (χ4v) is 2.98. The predicted octanol–water partition coefficient (Wildman–Crippen LogP) is 0.666. The lowest BCUT2D eigenvalue weighted by Gasteiger charge is -2.11. The second kappa shape index (κ2) is 15.8. The SMILES string of the molecule is CCCOCCOCCOCCOCCOCCn1cc(CN2C(=O)CC(C)C2=O)nn1. The Bertz CT molecular complexity index is 670. The molecule has 182 valence electrons. The van der Waals surface area contributed by atoms with Crippen LogP contribution >= 0.6 is 0 Å². The summed E-state index contributed by atoms with van der Waals surface area (Å²) in [6.07, 6.45) is 3.00. The Morgan fingerprint density at radius 2 is 1.41 bits per heavy atom. The molecule has 1 aliphatic heterocycles. The molecule has 11 heteroatoms. The van der Waals surface area contributed by atoms with Crippen molar-refractivity contribution in [1.82, 2.24) is 19.9 Å². The van der Waals surface area contributed by atoms with Crippen LogP contribution in [0.15, 0.2) is 6.20 Å².